The number of nitrogens with zero attached hydrogens (tertiary/aromatic N) is 2. The predicted octanol–water partition coefficient (Wildman–Crippen LogP) is 2.23. The molecule has 10 heteroatoms. The van der Waals surface area contributed by atoms with Gasteiger partial charge in [-0.15, -0.1) is 0 Å². The van der Waals surface area contributed by atoms with Crippen LogP contribution in [0.15, 0.2) is 46.8 Å². The molecule has 1 fully saturated rings. The van der Waals surface area contributed by atoms with E-state index in [0.717, 1.165) is 26.2 Å². The number of non-ortho nitro benzene ring substituents is 1. The minimum atomic E-state index is -0.778. The van der Waals surface area contributed by atoms with E-state index in [1.165, 1.54) is 12.1 Å². The predicted molar refractivity (Wildman–Crippen MR) is 126 cm³/mol. The third kappa shape index (κ3) is 6.00. The van der Waals surface area contributed by atoms with Crippen molar-refractivity contribution in [2.24, 2.45) is 0 Å². The Kier molecular flexibility index (Phi) is 8.41. The van der Waals surface area contributed by atoms with E-state index in [-0.39, 0.29) is 29.5 Å². The summed E-state index contributed by atoms with van der Waals surface area (Å²) in [5, 5.41) is 17.5. The molecule has 2 N–H and O–H groups in total. The normalized spacial score (nSPS) is 19.1. The number of ether oxygens (including phenoxy) is 2. The fourth-order valence-electron chi connectivity index (χ4n) is 4.21. The Morgan fingerprint density at radius 1 is 1.09 bits per heavy atom. The number of carbonyl (C=O) groups is 2. The third-order valence-electron chi connectivity index (χ3n) is 5.83. The Balaban J connectivity index is 1.91. The van der Waals surface area contributed by atoms with Crippen LogP contribution in [-0.2, 0) is 19.1 Å². The lowest BCUT2D eigenvalue weighted by atomic mass is 9.80. The molecule has 10 nitrogen and oxygen atoms in total. The van der Waals surface area contributed by atoms with Crippen LogP contribution in [0, 0.1) is 10.1 Å². The Labute approximate surface area is 199 Å². The van der Waals surface area contributed by atoms with Crippen LogP contribution in [0.4, 0.5) is 5.69 Å². The van der Waals surface area contributed by atoms with Gasteiger partial charge < -0.3 is 20.1 Å². The minimum absolute atomic E-state index is 0.0782. The number of benzene rings is 1. The van der Waals surface area contributed by atoms with E-state index in [4.69, 9.17) is 9.47 Å². The van der Waals surface area contributed by atoms with E-state index < -0.39 is 22.8 Å². The largest absolute Gasteiger partial charge is 0.461 e. The van der Waals surface area contributed by atoms with Gasteiger partial charge in [-0.05, 0) is 33.3 Å². The summed E-state index contributed by atoms with van der Waals surface area (Å²) in [7, 11) is 0. The summed E-state index contributed by atoms with van der Waals surface area (Å²) >= 11 is 0. The van der Waals surface area contributed by atoms with Gasteiger partial charge in [0.15, 0.2) is 0 Å². The van der Waals surface area contributed by atoms with Crippen molar-refractivity contribution in [3.8, 4) is 0 Å². The lowest BCUT2D eigenvalue weighted by Crippen LogP contribution is -2.44. The smallest absolute Gasteiger partial charge is 0.337 e. The summed E-state index contributed by atoms with van der Waals surface area (Å²) in [4.78, 5) is 39.2. The second kappa shape index (κ2) is 11.3. The van der Waals surface area contributed by atoms with Gasteiger partial charge in [-0.3, -0.25) is 15.0 Å². The highest BCUT2D eigenvalue weighted by Gasteiger charge is 2.38. The number of dihydropyridines is 1. The van der Waals surface area contributed by atoms with Crippen molar-refractivity contribution >= 4 is 17.6 Å². The number of carbonyl (C=O) groups excluding carboxylic acids is 2. The molecular weight excluding hydrogens is 440 g/mol. The van der Waals surface area contributed by atoms with Crippen LogP contribution in [0.2, 0.25) is 0 Å². The summed E-state index contributed by atoms with van der Waals surface area (Å²) in [6.45, 7) is 11.4. The molecule has 184 valence electrons. The highest BCUT2D eigenvalue weighted by atomic mass is 16.6. The van der Waals surface area contributed by atoms with Crippen molar-refractivity contribution in [1.82, 2.24) is 15.5 Å². The summed E-state index contributed by atoms with van der Waals surface area (Å²) < 4.78 is 11.1. The van der Waals surface area contributed by atoms with Crippen molar-refractivity contribution in [2.45, 2.75) is 39.7 Å². The van der Waals surface area contributed by atoms with Gasteiger partial charge in [0, 0.05) is 56.3 Å². The van der Waals surface area contributed by atoms with Gasteiger partial charge in [0.25, 0.3) is 5.69 Å². The molecule has 1 aromatic carbocycles. The van der Waals surface area contributed by atoms with E-state index in [1.807, 2.05) is 0 Å². The van der Waals surface area contributed by atoms with Crippen LogP contribution < -0.4 is 10.6 Å². The lowest BCUT2D eigenvalue weighted by Gasteiger charge is -2.31. The number of hydrogen-bond acceptors (Lipinski definition) is 9. The third-order valence-corrected chi connectivity index (χ3v) is 5.83. The highest BCUT2D eigenvalue weighted by Crippen LogP contribution is 2.39. The Hall–Kier alpha value is -3.24. The van der Waals surface area contributed by atoms with Gasteiger partial charge in [0.1, 0.15) is 6.61 Å². The van der Waals surface area contributed by atoms with Crippen LogP contribution in [0.5, 0.6) is 0 Å². The quantitative estimate of drug-likeness (QED) is 0.333. The molecule has 1 unspecified atom stereocenters. The zero-order valence-electron chi connectivity index (χ0n) is 20.1. The molecule has 0 bridgehead atoms. The molecular formula is C24H32N4O6. The molecule has 2 heterocycles. The van der Waals surface area contributed by atoms with Gasteiger partial charge in [-0.2, -0.15) is 0 Å². The fourth-order valence-corrected chi connectivity index (χ4v) is 4.21. The van der Waals surface area contributed by atoms with Crippen LogP contribution in [0.1, 0.15) is 39.2 Å². The van der Waals surface area contributed by atoms with Crippen molar-refractivity contribution in [2.75, 3.05) is 39.3 Å². The maximum atomic E-state index is 13.3. The van der Waals surface area contributed by atoms with Crippen LogP contribution in [0.3, 0.4) is 0 Å². The van der Waals surface area contributed by atoms with Gasteiger partial charge in [0.05, 0.1) is 28.1 Å². The van der Waals surface area contributed by atoms with Crippen molar-refractivity contribution in [3.63, 3.8) is 0 Å². The molecule has 0 spiro atoms. The number of allylic oxidation sites excluding steroid dienone is 2. The van der Waals surface area contributed by atoms with Crippen LogP contribution >= 0.6 is 0 Å². The summed E-state index contributed by atoms with van der Waals surface area (Å²) in [5.74, 6) is -1.87. The Bertz CT molecular complexity index is 993. The minimum Gasteiger partial charge on any atom is -0.461 e. The number of rotatable bonds is 8. The van der Waals surface area contributed by atoms with E-state index in [1.54, 1.807) is 39.8 Å². The standard InChI is InChI=1S/C24H32N4O6/c1-15(2)34-24(30)21-17(4)26-16(3)20(22(21)18-5-7-19(8-6-18)28(31)32)23(29)33-14-13-27-11-9-25-10-12-27/h5-8,15,22,25-26H,9-14H2,1-4H3. The maximum Gasteiger partial charge on any atom is 0.337 e. The average Bonchev–Trinajstić information content (AvgIpc) is 2.78. The van der Waals surface area contributed by atoms with Gasteiger partial charge in [-0.25, -0.2) is 9.59 Å². The molecule has 0 aromatic heterocycles. The molecule has 1 aromatic rings. The molecule has 0 aliphatic carbocycles. The average molecular weight is 473 g/mol. The zero-order chi connectivity index (χ0) is 24.8. The molecule has 34 heavy (non-hydrogen) atoms. The number of nitrogens with one attached hydrogen (secondary N) is 2. The number of nitro groups is 1. The van der Waals surface area contributed by atoms with E-state index in [2.05, 4.69) is 15.5 Å². The van der Waals surface area contributed by atoms with E-state index in [0.29, 0.717) is 23.5 Å². The van der Waals surface area contributed by atoms with Crippen LogP contribution in [-0.4, -0.2) is 67.2 Å². The molecule has 3 rings (SSSR count). The van der Waals surface area contributed by atoms with Crippen molar-refractivity contribution < 1.29 is 24.0 Å². The van der Waals surface area contributed by atoms with Gasteiger partial charge in [-0.1, -0.05) is 12.1 Å². The number of nitro benzene ring substituents is 1. The summed E-state index contributed by atoms with van der Waals surface area (Å²) in [6, 6.07) is 5.85. The SMILES string of the molecule is CC1=C(C(=O)OCCN2CCNCC2)C(c2ccc([N+](=O)[O-])cc2)C(C(=O)OC(C)C)=C(C)N1. The maximum absolute atomic E-state index is 13.3. The number of hydrogen-bond donors (Lipinski definition) is 2. The highest BCUT2D eigenvalue weighted by molar-refractivity contribution is 6.00. The zero-order valence-corrected chi connectivity index (χ0v) is 20.1. The number of piperazine rings is 1. The summed E-state index contributed by atoms with van der Waals surface area (Å²) in [5.41, 5.74) is 2.18. The molecule has 0 radical (unpaired) electrons. The van der Waals surface area contributed by atoms with E-state index >= 15 is 0 Å². The fraction of sp³-hybridized carbons (Fsp3) is 0.500. The van der Waals surface area contributed by atoms with E-state index in [9.17, 15) is 19.7 Å². The lowest BCUT2D eigenvalue weighted by molar-refractivity contribution is -0.384. The Morgan fingerprint density at radius 2 is 1.68 bits per heavy atom. The number of esters is 2. The van der Waals surface area contributed by atoms with Crippen molar-refractivity contribution in [3.05, 3.63) is 62.5 Å². The second-order valence-corrected chi connectivity index (χ2v) is 8.67. The Morgan fingerprint density at radius 3 is 2.24 bits per heavy atom. The molecule has 2 aliphatic heterocycles. The molecule has 1 saturated heterocycles. The first-order valence-corrected chi connectivity index (χ1v) is 11.4. The molecule has 0 amide bonds. The molecule has 2 aliphatic rings. The first-order chi connectivity index (χ1) is 16.2. The summed E-state index contributed by atoms with van der Waals surface area (Å²) in [6.07, 6.45) is -0.355. The first-order valence-electron chi connectivity index (χ1n) is 11.4. The first kappa shape index (κ1) is 25.4. The van der Waals surface area contributed by atoms with Crippen LogP contribution in [0.25, 0.3) is 0 Å². The van der Waals surface area contributed by atoms with Crippen molar-refractivity contribution in [1.29, 1.82) is 0 Å². The topological polar surface area (TPSA) is 123 Å². The van der Waals surface area contributed by atoms with Gasteiger partial charge >= 0.3 is 11.9 Å². The molecule has 0 saturated carbocycles. The second-order valence-electron chi connectivity index (χ2n) is 8.67. The monoisotopic (exact) mass is 472 g/mol. The molecule has 1 atom stereocenters. The van der Waals surface area contributed by atoms with Gasteiger partial charge in [0.2, 0.25) is 0 Å².